The van der Waals surface area contributed by atoms with Crippen LogP contribution in [0.2, 0.25) is 0 Å². The Labute approximate surface area is 120 Å². The third-order valence-electron chi connectivity index (χ3n) is 2.80. The van der Waals surface area contributed by atoms with Crippen LogP contribution in [0.25, 0.3) is 0 Å². The Bertz CT molecular complexity index is 546. The van der Waals surface area contributed by atoms with E-state index < -0.39 is 9.85 Å². The number of unbranched alkanes of at least 4 members (excludes halogenated alkanes) is 2. The van der Waals surface area contributed by atoms with Gasteiger partial charge in [-0.25, -0.2) is 0 Å². The highest BCUT2D eigenvalue weighted by molar-refractivity contribution is 5.73. The molecule has 0 aliphatic carbocycles. The van der Waals surface area contributed by atoms with Gasteiger partial charge in [-0.05, 0) is 18.9 Å². The smallest absolute Gasteiger partial charge is 0.299 e. The van der Waals surface area contributed by atoms with Crippen molar-refractivity contribution in [3.05, 3.63) is 38.4 Å². The van der Waals surface area contributed by atoms with Crippen LogP contribution >= 0.6 is 0 Å². The molecule has 0 aliphatic rings. The predicted molar refractivity (Wildman–Crippen MR) is 75.9 cm³/mol. The van der Waals surface area contributed by atoms with Gasteiger partial charge in [-0.3, -0.25) is 25.0 Å². The molecular formula is C12H16N4O5. The molecule has 114 valence electrons. The van der Waals surface area contributed by atoms with Crippen LogP contribution in [0.3, 0.4) is 0 Å². The fourth-order valence-corrected chi connectivity index (χ4v) is 1.76. The third-order valence-corrected chi connectivity index (χ3v) is 2.80. The van der Waals surface area contributed by atoms with E-state index >= 15 is 0 Å². The van der Waals surface area contributed by atoms with Gasteiger partial charge in [-0.15, -0.1) is 0 Å². The second-order valence-electron chi connectivity index (χ2n) is 4.42. The number of benzene rings is 1. The lowest BCUT2D eigenvalue weighted by Gasteiger charge is -2.06. The van der Waals surface area contributed by atoms with Gasteiger partial charge in [-0.1, -0.05) is 6.42 Å². The molecule has 0 atom stereocenters. The number of carbonyl (C=O) groups excluding carboxylic acids is 1. The second kappa shape index (κ2) is 7.78. The molecule has 1 aromatic carbocycles. The molecule has 0 spiro atoms. The molecular weight excluding hydrogens is 280 g/mol. The maximum atomic E-state index is 10.9. The highest BCUT2D eigenvalue weighted by atomic mass is 16.6. The number of amides is 1. The van der Waals surface area contributed by atoms with Gasteiger partial charge in [0.25, 0.3) is 11.4 Å². The number of nitro benzene ring substituents is 2. The molecule has 0 bridgehead atoms. The first-order chi connectivity index (χ1) is 9.91. The lowest BCUT2D eigenvalue weighted by Crippen LogP contribution is -2.10. The van der Waals surface area contributed by atoms with Gasteiger partial charge in [0.2, 0.25) is 5.91 Å². The number of nitrogens with two attached hydrogens (primary N) is 1. The van der Waals surface area contributed by atoms with Gasteiger partial charge in [0, 0.05) is 19.0 Å². The molecule has 0 heterocycles. The van der Waals surface area contributed by atoms with E-state index in [0.29, 0.717) is 25.8 Å². The van der Waals surface area contributed by atoms with Crippen LogP contribution in [0.4, 0.5) is 17.1 Å². The average molecular weight is 296 g/mol. The van der Waals surface area contributed by atoms with Crippen LogP contribution in [0, 0.1) is 20.2 Å². The summed E-state index contributed by atoms with van der Waals surface area (Å²) in [5, 5.41) is 24.4. The van der Waals surface area contributed by atoms with Gasteiger partial charge in [-0.2, -0.15) is 0 Å². The van der Waals surface area contributed by atoms with Gasteiger partial charge in [0.15, 0.2) is 0 Å². The number of rotatable bonds is 9. The van der Waals surface area contributed by atoms with Crippen molar-refractivity contribution in [1.82, 2.24) is 0 Å². The minimum absolute atomic E-state index is 0.237. The number of nitrogens with one attached hydrogen (secondary N) is 1. The lowest BCUT2D eigenvalue weighted by atomic mass is 10.2. The zero-order valence-electron chi connectivity index (χ0n) is 11.3. The van der Waals surface area contributed by atoms with Gasteiger partial charge < -0.3 is 11.1 Å². The maximum absolute atomic E-state index is 10.9. The van der Waals surface area contributed by atoms with Crippen molar-refractivity contribution in [2.75, 3.05) is 11.9 Å². The highest BCUT2D eigenvalue weighted by Crippen LogP contribution is 2.28. The predicted octanol–water partition coefficient (Wildman–Crippen LogP) is 1.96. The molecule has 1 amide bonds. The standard InChI is InChI=1S/C12H16N4O5/c13-12(17)4-2-1-3-7-14-10-6-5-9(15(18)19)8-11(10)16(20)21/h5-6,8,14H,1-4,7H2,(H2,13,17). The zero-order chi connectivity index (χ0) is 15.8. The Morgan fingerprint density at radius 2 is 1.86 bits per heavy atom. The molecule has 21 heavy (non-hydrogen) atoms. The first-order valence-electron chi connectivity index (χ1n) is 6.37. The number of anilines is 1. The molecule has 0 fully saturated rings. The summed E-state index contributed by atoms with van der Waals surface area (Å²) in [7, 11) is 0. The average Bonchev–Trinajstić information content (AvgIpc) is 2.42. The summed E-state index contributed by atoms with van der Waals surface area (Å²) in [6.07, 6.45) is 2.45. The number of hydrogen-bond donors (Lipinski definition) is 2. The zero-order valence-corrected chi connectivity index (χ0v) is 11.3. The van der Waals surface area contributed by atoms with Crippen LogP contribution in [0.15, 0.2) is 18.2 Å². The third kappa shape index (κ3) is 5.43. The van der Waals surface area contributed by atoms with E-state index in [1.54, 1.807) is 0 Å². The number of nitro groups is 2. The van der Waals surface area contributed by atoms with Crippen molar-refractivity contribution in [2.24, 2.45) is 5.73 Å². The quantitative estimate of drug-likeness (QED) is 0.405. The number of primary amides is 1. The fourth-order valence-electron chi connectivity index (χ4n) is 1.76. The molecule has 0 unspecified atom stereocenters. The van der Waals surface area contributed by atoms with Crippen molar-refractivity contribution < 1.29 is 14.6 Å². The molecule has 9 nitrogen and oxygen atoms in total. The first-order valence-corrected chi connectivity index (χ1v) is 6.37. The van der Waals surface area contributed by atoms with E-state index in [9.17, 15) is 25.0 Å². The molecule has 0 aliphatic heterocycles. The summed E-state index contributed by atoms with van der Waals surface area (Å²) in [5.41, 5.74) is 4.58. The van der Waals surface area contributed by atoms with E-state index in [1.165, 1.54) is 12.1 Å². The summed E-state index contributed by atoms with van der Waals surface area (Å²) in [5.74, 6) is -0.353. The SMILES string of the molecule is NC(=O)CCCCCNc1ccc([N+](=O)[O-])cc1[N+](=O)[O-]. The molecule has 9 heteroatoms. The summed E-state index contributed by atoms with van der Waals surface area (Å²) in [4.78, 5) is 30.7. The number of carbonyl (C=O) groups is 1. The van der Waals surface area contributed by atoms with Gasteiger partial charge in [0.05, 0.1) is 15.9 Å². The van der Waals surface area contributed by atoms with Crippen LogP contribution in [0.5, 0.6) is 0 Å². The van der Waals surface area contributed by atoms with E-state index in [2.05, 4.69) is 5.32 Å². The molecule has 0 radical (unpaired) electrons. The monoisotopic (exact) mass is 296 g/mol. The molecule has 0 saturated heterocycles. The summed E-state index contributed by atoms with van der Waals surface area (Å²) in [6, 6.07) is 3.46. The number of non-ortho nitro benzene ring substituents is 1. The van der Waals surface area contributed by atoms with Crippen molar-refractivity contribution >= 4 is 23.0 Å². The molecule has 1 aromatic rings. The first kappa shape index (κ1) is 16.3. The largest absolute Gasteiger partial charge is 0.379 e. The highest BCUT2D eigenvalue weighted by Gasteiger charge is 2.18. The van der Waals surface area contributed by atoms with Crippen molar-refractivity contribution in [3.8, 4) is 0 Å². The Morgan fingerprint density at radius 1 is 1.14 bits per heavy atom. The maximum Gasteiger partial charge on any atom is 0.299 e. The van der Waals surface area contributed by atoms with Crippen LogP contribution in [-0.4, -0.2) is 22.3 Å². The summed E-state index contributed by atoms with van der Waals surface area (Å²) >= 11 is 0. The molecule has 3 N–H and O–H groups in total. The van der Waals surface area contributed by atoms with E-state index in [-0.39, 0.29) is 23.0 Å². The normalized spacial score (nSPS) is 10.1. The second-order valence-corrected chi connectivity index (χ2v) is 4.42. The van der Waals surface area contributed by atoms with Crippen LogP contribution in [0.1, 0.15) is 25.7 Å². The summed E-state index contributed by atoms with van der Waals surface area (Å²) < 4.78 is 0. The van der Waals surface area contributed by atoms with Gasteiger partial charge in [0.1, 0.15) is 5.69 Å². The lowest BCUT2D eigenvalue weighted by molar-refractivity contribution is -0.393. The Balaban J connectivity index is 2.56. The topological polar surface area (TPSA) is 141 Å². The Hall–Kier alpha value is -2.71. The molecule has 1 rings (SSSR count). The Kier molecular flexibility index (Phi) is 6.05. The van der Waals surface area contributed by atoms with E-state index in [4.69, 9.17) is 5.73 Å². The van der Waals surface area contributed by atoms with E-state index in [0.717, 1.165) is 12.5 Å². The fraction of sp³-hybridized carbons (Fsp3) is 0.417. The van der Waals surface area contributed by atoms with Crippen molar-refractivity contribution in [2.45, 2.75) is 25.7 Å². The van der Waals surface area contributed by atoms with E-state index in [1.807, 2.05) is 0 Å². The number of nitrogens with zero attached hydrogens (tertiary/aromatic N) is 2. The minimum atomic E-state index is -0.680. The van der Waals surface area contributed by atoms with Crippen LogP contribution in [-0.2, 0) is 4.79 Å². The Morgan fingerprint density at radius 3 is 2.43 bits per heavy atom. The molecule has 0 saturated carbocycles. The molecule has 0 aromatic heterocycles. The number of hydrogen-bond acceptors (Lipinski definition) is 6. The van der Waals surface area contributed by atoms with Crippen molar-refractivity contribution in [1.29, 1.82) is 0 Å². The van der Waals surface area contributed by atoms with Gasteiger partial charge >= 0.3 is 0 Å². The minimum Gasteiger partial charge on any atom is -0.379 e. The summed E-state index contributed by atoms with van der Waals surface area (Å²) in [6.45, 7) is 0.470. The van der Waals surface area contributed by atoms with Crippen LogP contribution < -0.4 is 11.1 Å². The van der Waals surface area contributed by atoms with Crippen molar-refractivity contribution in [3.63, 3.8) is 0 Å².